The van der Waals surface area contributed by atoms with Gasteiger partial charge in [0.05, 0.1) is 12.8 Å². The van der Waals surface area contributed by atoms with E-state index in [1.165, 1.54) is 0 Å². The fourth-order valence-electron chi connectivity index (χ4n) is 1.42. The zero-order chi connectivity index (χ0) is 11.4. The molecule has 0 amide bonds. The lowest BCUT2D eigenvalue weighted by Crippen LogP contribution is -2.01. The lowest BCUT2D eigenvalue weighted by atomic mass is 10.1. The summed E-state index contributed by atoms with van der Waals surface area (Å²) in [5.74, 6) is 1.27. The number of aliphatic hydroxyl groups excluding tert-OH is 1. The number of nitrogens with one attached hydrogen (secondary N) is 1. The highest BCUT2D eigenvalue weighted by Gasteiger charge is 2.04. The maximum Gasteiger partial charge on any atom is 0.126 e. The second kappa shape index (κ2) is 4.67. The summed E-state index contributed by atoms with van der Waals surface area (Å²) in [5.41, 5.74) is 7.55. The molecule has 0 unspecified atom stereocenters. The van der Waals surface area contributed by atoms with Crippen LogP contribution < -0.4 is 10.5 Å². The van der Waals surface area contributed by atoms with E-state index in [0.29, 0.717) is 12.4 Å². The van der Waals surface area contributed by atoms with Crippen molar-refractivity contribution in [3.8, 4) is 16.9 Å². The molecule has 0 radical (unpaired) electrons. The van der Waals surface area contributed by atoms with Gasteiger partial charge in [0.25, 0.3) is 0 Å². The first-order valence-corrected chi connectivity index (χ1v) is 4.94. The predicted molar refractivity (Wildman–Crippen MR) is 61.0 cm³/mol. The molecule has 16 heavy (non-hydrogen) atoms. The SMILES string of the molecule is Nc1[nH]ncc1-c1ccc(OCCO)cc1. The maximum absolute atomic E-state index is 8.61. The van der Waals surface area contributed by atoms with Crippen LogP contribution in [0.2, 0.25) is 0 Å². The van der Waals surface area contributed by atoms with Gasteiger partial charge in [0, 0.05) is 5.56 Å². The molecule has 5 heteroatoms. The fraction of sp³-hybridized carbons (Fsp3) is 0.182. The van der Waals surface area contributed by atoms with Crippen LogP contribution in [0.4, 0.5) is 5.82 Å². The molecule has 0 saturated heterocycles. The Hall–Kier alpha value is -2.01. The van der Waals surface area contributed by atoms with Gasteiger partial charge >= 0.3 is 0 Å². The summed E-state index contributed by atoms with van der Waals surface area (Å²) in [6.45, 7) is 0.309. The fourth-order valence-corrected chi connectivity index (χ4v) is 1.42. The molecule has 0 saturated carbocycles. The van der Waals surface area contributed by atoms with Gasteiger partial charge in [-0.1, -0.05) is 12.1 Å². The first kappa shape index (κ1) is 10.5. The van der Waals surface area contributed by atoms with Crippen molar-refractivity contribution in [2.24, 2.45) is 0 Å². The molecule has 2 aromatic rings. The van der Waals surface area contributed by atoms with Crippen LogP contribution in [-0.4, -0.2) is 28.5 Å². The summed E-state index contributed by atoms with van der Waals surface area (Å²) in [6, 6.07) is 7.46. The molecule has 0 bridgehead atoms. The van der Waals surface area contributed by atoms with E-state index in [9.17, 15) is 0 Å². The molecule has 4 N–H and O–H groups in total. The molecule has 1 heterocycles. The van der Waals surface area contributed by atoms with E-state index < -0.39 is 0 Å². The highest BCUT2D eigenvalue weighted by Crippen LogP contribution is 2.25. The number of nitrogens with two attached hydrogens (primary N) is 1. The van der Waals surface area contributed by atoms with E-state index in [-0.39, 0.29) is 6.61 Å². The van der Waals surface area contributed by atoms with Crippen molar-refractivity contribution in [2.75, 3.05) is 18.9 Å². The molecular formula is C11H13N3O2. The number of nitrogens with zero attached hydrogens (tertiary/aromatic N) is 1. The van der Waals surface area contributed by atoms with Gasteiger partial charge in [0.1, 0.15) is 18.2 Å². The summed E-state index contributed by atoms with van der Waals surface area (Å²) in [5, 5.41) is 15.2. The van der Waals surface area contributed by atoms with Crippen LogP contribution in [0.5, 0.6) is 5.75 Å². The van der Waals surface area contributed by atoms with Crippen LogP contribution >= 0.6 is 0 Å². The quantitative estimate of drug-likeness (QED) is 0.717. The minimum atomic E-state index is 0.0103. The largest absolute Gasteiger partial charge is 0.491 e. The standard InChI is InChI=1S/C11H13N3O2/c12-11-10(7-13-14-11)8-1-3-9(4-2-8)16-6-5-15/h1-4,7,15H,5-6H2,(H3,12,13,14). The molecule has 0 fully saturated rings. The van der Waals surface area contributed by atoms with Crippen LogP contribution in [-0.2, 0) is 0 Å². The first-order chi connectivity index (χ1) is 7.81. The van der Waals surface area contributed by atoms with E-state index in [1.54, 1.807) is 6.20 Å². The molecule has 1 aromatic carbocycles. The van der Waals surface area contributed by atoms with Crippen LogP contribution in [0.1, 0.15) is 0 Å². The minimum absolute atomic E-state index is 0.0103. The number of aromatic amines is 1. The Bertz CT molecular complexity index is 451. The summed E-state index contributed by atoms with van der Waals surface area (Å²) in [6.07, 6.45) is 1.68. The molecule has 0 atom stereocenters. The molecule has 0 aliphatic rings. The molecular weight excluding hydrogens is 206 g/mol. The van der Waals surface area contributed by atoms with Gasteiger partial charge in [0.2, 0.25) is 0 Å². The number of ether oxygens (including phenoxy) is 1. The number of aromatic nitrogens is 2. The Morgan fingerprint density at radius 2 is 2.06 bits per heavy atom. The van der Waals surface area contributed by atoms with Gasteiger partial charge in [-0.2, -0.15) is 5.10 Å². The van der Waals surface area contributed by atoms with Crippen molar-refractivity contribution in [1.29, 1.82) is 0 Å². The van der Waals surface area contributed by atoms with Crippen molar-refractivity contribution < 1.29 is 9.84 Å². The third kappa shape index (κ3) is 2.14. The molecule has 0 aliphatic heterocycles. The Morgan fingerprint density at radius 1 is 1.31 bits per heavy atom. The monoisotopic (exact) mass is 219 g/mol. The van der Waals surface area contributed by atoms with E-state index in [0.717, 1.165) is 16.9 Å². The average molecular weight is 219 g/mol. The molecule has 84 valence electrons. The van der Waals surface area contributed by atoms with E-state index in [1.807, 2.05) is 24.3 Å². The molecule has 0 spiro atoms. The topological polar surface area (TPSA) is 84.2 Å². The van der Waals surface area contributed by atoms with Crippen molar-refractivity contribution in [3.63, 3.8) is 0 Å². The molecule has 0 aliphatic carbocycles. The van der Waals surface area contributed by atoms with Crippen molar-refractivity contribution >= 4 is 5.82 Å². The van der Waals surface area contributed by atoms with Gasteiger partial charge in [0.15, 0.2) is 0 Å². The van der Waals surface area contributed by atoms with Crippen LogP contribution in [0.15, 0.2) is 30.5 Å². The highest BCUT2D eigenvalue weighted by atomic mass is 16.5. The zero-order valence-corrected chi connectivity index (χ0v) is 8.68. The normalized spacial score (nSPS) is 10.3. The van der Waals surface area contributed by atoms with Gasteiger partial charge in [-0.25, -0.2) is 0 Å². The Kier molecular flexibility index (Phi) is 3.07. The number of H-pyrrole nitrogens is 1. The molecule has 5 nitrogen and oxygen atoms in total. The summed E-state index contributed by atoms with van der Waals surface area (Å²) >= 11 is 0. The zero-order valence-electron chi connectivity index (χ0n) is 8.68. The number of hydrogen-bond acceptors (Lipinski definition) is 4. The maximum atomic E-state index is 8.61. The molecule has 1 aromatic heterocycles. The predicted octanol–water partition coefficient (Wildman–Crippen LogP) is 1.03. The van der Waals surface area contributed by atoms with Crippen molar-refractivity contribution in [2.45, 2.75) is 0 Å². The molecule has 2 rings (SSSR count). The third-order valence-electron chi connectivity index (χ3n) is 2.19. The second-order valence-electron chi connectivity index (χ2n) is 3.29. The first-order valence-electron chi connectivity index (χ1n) is 4.94. The van der Waals surface area contributed by atoms with Crippen molar-refractivity contribution in [3.05, 3.63) is 30.5 Å². The number of anilines is 1. The number of aliphatic hydroxyl groups is 1. The van der Waals surface area contributed by atoms with E-state index >= 15 is 0 Å². The van der Waals surface area contributed by atoms with Crippen LogP contribution in [0, 0.1) is 0 Å². The number of hydrogen-bond donors (Lipinski definition) is 3. The summed E-state index contributed by atoms with van der Waals surface area (Å²) in [7, 11) is 0. The van der Waals surface area contributed by atoms with Gasteiger partial charge < -0.3 is 15.6 Å². The second-order valence-corrected chi connectivity index (χ2v) is 3.29. The summed E-state index contributed by atoms with van der Waals surface area (Å²) < 4.78 is 5.25. The average Bonchev–Trinajstić information content (AvgIpc) is 2.74. The Labute approximate surface area is 92.9 Å². The smallest absolute Gasteiger partial charge is 0.126 e. The Balaban J connectivity index is 2.16. The van der Waals surface area contributed by atoms with Crippen molar-refractivity contribution in [1.82, 2.24) is 10.2 Å². The van der Waals surface area contributed by atoms with Gasteiger partial charge in [-0.15, -0.1) is 0 Å². The lowest BCUT2D eigenvalue weighted by Gasteiger charge is -2.05. The highest BCUT2D eigenvalue weighted by molar-refractivity contribution is 5.73. The Morgan fingerprint density at radius 3 is 2.62 bits per heavy atom. The van der Waals surface area contributed by atoms with Gasteiger partial charge in [-0.3, -0.25) is 5.10 Å². The third-order valence-corrected chi connectivity index (χ3v) is 2.19. The summed E-state index contributed by atoms with van der Waals surface area (Å²) in [4.78, 5) is 0. The number of benzene rings is 1. The number of nitrogen functional groups attached to an aromatic ring is 1. The lowest BCUT2D eigenvalue weighted by molar-refractivity contribution is 0.201. The van der Waals surface area contributed by atoms with E-state index in [4.69, 9.17) is 15.6 Å². The van der Waals surface area contributed by atoms with Crippen LogP contribution in [0.25, 0.3) is 11.1 Å². The van der Waals surface area contributed by atoms with Gasteiger partial charge in [-0.05, 0) is 17.7 Å². The minimum Gasteiger partial charge on any atom is -0.491 e. The number of rotatable bonds is 4. The van der Waals surface area contributed by atoms with Crippen LogP contribution in [0.3, 0.4) is 0 Å². The van der Waals surface area contributed by atoms with E-state index in [2.05, 4.69) is 10.2 Å².